The van der Waals surface area contributed by atoms with Crippen LogP contribution in [-0.2, 0) is 36.2 Å². The van der Waals surface area contributed by atoms with Crippen molar-refractivity contribution in [3.8, 4) is 0 Å². The predicted molar refractivity (Wildman–Crippen MR) is 206 cm³/mol. The van der Waals surface area contributed by atoms with Gasteiger partial charge >= 0.3 is 12.1 Å². The maximum Gasteiger partial charge on any atom is 0.407 e. The highest BCUT2D eigenvalue weighted by Crippen LogP contribution is 2.37. The number of amides is 1. The molecule has 52 heavy (non-hydrogen) atoms. The lowest BCUT2D eigenvalue weighted by atomic mass is 9.87. The Balaban J connectivity index is 1.04. The summed E-state index contributed by atoms with van der Waals surface area (Å²) in [5.41, 5.74) is 0.743. The van der Waals surface area contributed by atoms with Crippen LogP contribution in [0, 0.1) is 11.8 Å². The van der Waals surface area contributed by atoms with E-state index in [2.05, 4.69) is 51.8 Å². The van der Waals surface area contributed by atoms with Crippen molar-refractivity contribution in [1.29, 1.82) is 0 Å². The summed E-state index contributed by atoms with van der Waals surface area (Å²) in [6, 6.07) is 10.2. The second-order valence-electron chi connectivity index (χ2n) is 12.8. The number of hydrogen-bond donors (Lipinski definition) is 3. The van der Waals surface area contributed by atoms with Crippen molar-refractivity contribution in [2.24, 2.45) is 11.8 Å². The topological polar surface area (TPSA) is 175 Å². The number of carboxylic acid groups (broad SMARTS) is 1. The highest BCUT2D eigenvalue weighted by Gasteiger charge is 2.32. The van der Waals surface area contributed by atoms with Gasteiger partial charge < -0.3 is 20.1 Å². The van der Waals surface area contributed by atoms with Crippen molar-refractivity contribution >= 4 is 92.7 Å². The minimum Gasteiger partial charge on any atom is -0.480 e. The largest absolute Gasteiger partial charge is 0.480 e. The average molecular weight is 926 g/mol. The number of benzene rings is 1. The van der Waals surface area contributed by atoms with Gasteiger partial charge in [0.05, 0.1) is 4.47 Å². The fourth-order valence-electron chi connectivity index (χ4n) is 6.34. The highest BCUT2D eigenvalue weighted by molar-refractivity contribution is 9.11. The van der Waals surface area contributed by atoms with Crippen LogP contribution < -0.4 is 14.9 Å². The molecule has 0 radical (unpaired) electrons. The average Bonchev–Trinajstić information content (AvgIpc) is 3.48. The predicted octanol–water partition coefficient (Wildman–Crippen LogP) is 6.47. The minimum atomic E-state index is -4.30. The second-order valence-corrected chi connectivity index (χ2v) is 20.1. The number of piperidine rings is 2. The van der Waals surface area contributed by atoms with Crippen LogP contribution in [0.15, 0.2) is 66.7 Å². The zero-order valence-electron chi connectivity index (χ0n) is 28.0. The maximum absolute atomic E-state index is 13.1. The lowest BCUT2D eigenvalue weighted by molar-refractivity contribution is -0.138. The van der Waals surface area contributed by atoms with Gasteiger partial charge in [-0.25, -0.2) is 26.6 Å². The summed E-state index contributed by atoms with van der Waals surface area (Å²) >= 11 is 13.9. The first-order chi connectivity index (χ1) is 24.7. The number of nitrogens with zero attached hydrogens (tertiary/aromatic N) is 3. The van der Waals surface area contributed by atoms with Crippen molar-refractivity contribution < 1.29 is 36.3 Å². The van der Waals surface area contributed by atoms with Gasteiger partial charge in [-0.15, -0.1) is 11.3 Å². The Labute approximate surface area is 329 Å². The maximum atomic E-state index is 13.1. The Morgan fingerprint density at radius 3 is 2.19 bits per heavy atom. The molecule has 13 nitrogen and oxygen atoms in total. The van der Waals surface area contributed by atoms with Gasteiger partial charge in [-0.1, -0.05) is 61.2 Å². The van der Waals surface area contributed by atoms with Crippen LogP contribution in [0.5, 0.6) is 0 Å². The zero-order chi connectivity index (χ0) is 37.5. The fraction of sp³-hybridized carbons (Fsp3) is 0.485. The summed E-state index contributed by atoms with van der Waals surface area (Å²) in [6.45, 7) is 1.99. The molecule has 4 heterocycles. The van der Waals surface area contributed by atoms with Crippen LogP contribution >= 0.6 is 54.8 Å². The first kappa shape index (κ1) is 40.9. The Morgan fingerprint density at radius 1 is 0.981 bits per heavy atom. The third kappa shape index (κ3) is 10.9. The van der Waals surface area contributed by atoms with Gasteiger partial charge in [0.25, 0.3) is 10.0 Å². The molecule has 5 rings (SSSR count). The van der Waals surface area contributed by atoms with Crippen LogP contribution in [0.3, 0.4) is 0 Å². The molecule has 2 saturated heterocycles. The van der Waals surface area contributed by atoms with E-state index in [9.17, 15) is 31.5 Å². The van der Waals surface area contributed by atoms with E-state index in [1.165, 1.54) is 12.3 Å². The Kier molecular flexibility index (Phi) is 14.4. The zero-order valence-corrected chi connectivity index (χ0v) is 34.4. The number of nitrogens with one attached hydrogen (secondary N) is 2. The normalized spacial score (nSPS) is 17.2. The summed E-state index contributed by atoms with van der Waals surface area (Å²) < 4.78 is 62.8. The van der Waals surface area contributed by atoms with E-state index in [0.29, 0.717) is 44.0 Å². The van der Waals surface area contributed by atoms with E-state index < -0.39 is 44.7 Å². The molecule has 1 atom stereocenters. The van der Waals surface area contributed by atoms with E-state index in [0.717, 1.165) is 74.9 Å². The standard InChI is InChI=1S/C33H40Br2ClN5O8S3/c34-26-18-29(50-30(26)36)52(47,48)41-15-11-23(12-16-41)8-4-7-22-9-13-40(14-10-22)31-27(35)17-25(19-37-31)51(45,46)39-28(32(42)43)20-38-33(44)49-21-24-5-2-1-3-6-24/h1-3,5-6,17-19,22-23,28,39H,4,7-16,20-21H2,(H,38,44)(H,42,43)/t28-/m0/s1. The van der Waals surface area contributed by atoms with Crippen LogP contribution in [0.25, 0.3) is 0 Å². The minimum absolute atomic E-state index is 0.0241. The summed E-state index contributed by atoms with van der Waals surface area (Å²) in [5, 5.41) is 11.9. The number of ether oxygens (including phenoxy) is 1. The molecule has 2 aliphatic rings. The fourth-order valence-corrected chi connectivity index (χ4v) is 12.2. The van der Waals surface area contributed by atoms with Crippen molar-refractivity contribution in [2.45, 2.75) is 66.7 Å². The van der Waals surface area contributed by atoms with E-state index in [1.54, 1.807) is 34.6 Å². The molecule has 2 fully saturated rings. The summed E-state index contributed by atoms with van der Waals surface area (Å²) in [6.07, 6.45) is 7.17. The number of carbonyl (C=O) groups is 2. The number of anilines is 1. The van der Waals surface area contributed by atoms with Crippen LogP contribution in [0.1, 0.15) is 50.5 Å². The molecule has 19 heteroatoms. The quantitative estimate of drug-likeness (QED) is 0.153. The van der Waals surface area contributed by atoms with Gasteiger partial charge in [0.15, 0.2) is 0 Å². The van der Waals surface area contributed by atoms with Crippen molar-refractivity contribution in [3.05, 3.63) is 67.5 Å². The number of alkyl carbamates (subject to hydrolysis) is 1. The van der Waals surface area contributed by atoms with Gasteiger partial charge in [-0.05, 0) is 87.1 Å². The molecular weight excluding hydrogens is 886 g/mol. The number of carboxylic acids is 1. The molecule has 2 aromatic heterocycles. The number of carbonyl (C=O) groups excluding carboxylic acids is 1. The Hall–Kier alpha value is -2.32. The van der Waals surface area contributed by atoms with Gasteiger partial charge in [-0.3, -0.25) is 4.79 Å². The van der Waals surface area contributed by atoms with Gasteiger partial charge in [0.1, 0.15) is 31.9 Å². The lowest BCUT2D eigenvalue weighted by Gasteiger charge is -2.34. The van der Waals surface area contributed by atoms with Crippen molar-refractivity contribution in [2.75, 3.05) is 37.6 Å². The molecular formula is C33H40Br2ClN5O8S3. The van der Waals surface area contributed by atoms with E-state index in [-0.39, 0.29) is 15.7 Å². The molecule has 0 saturated carbocycles. The van der Waals surface area contributed by atoms with Crippen LogP contribution in [0.2, 0.25) is 4.34 Å². The number of aliphatic carboxylic acids is 1. The number of rotatable bonds is 15. The third-order valence-electron chi connectivity index (χ3n) is 9.29. The van der Waals surface area contributed by atoms with Crippen LogP contribution in [0.4, 0.5) is 10.6 Å². The molecule has 3 N–H and O–H groups in total. The second kappa shape index (κ2) is 18.3. The molecule has 0 unspecified atom stereocenters. The first-order valence-corrected chi connectivity index (χ1v) is 22.5. The molecule has 1 amide bonds. The third-order valence-corrected chi connectivity index (χ3v) is 16.1. The summed E-state index contributed by atoms with van der Waals surface area (Å²) in [7, 11) is -7.84. The van der Waals surface area contributed by atoms with E-state index in [4.69, 9.17) is 16.3 Å². The number of pyridine rings is 1. The number of sulfonamides is 2. The number of aromatic nitrogens is 1. The van der Waals surface area contributed by atoms with E-state index >= 15 is 0 Å². The molecule has 0 aliphatic carbocycles. The van der Waals surface area contributed by atoms with Gasteiger partial charge in [-0.2, -0.15) is 9.03 Å². The number of hydrogen-bond acceptors (Lipinski definition) is 10. The smallest absolute Gasteiger partial charge is 0.407 e. The molecule has 0 spiro atoms. The molecule has 284 valence electrons. The monoisotopic (exact) mass is 923 g/mol. The number of thiophene rings is 1. The SMILES string of the molecule is O=C(NC[C@H](NS(=O)(=O)c1cnc(N2CCC(CCCC3CCN(S(=O)(=O)c4cc(Br)c(Cl)s4)CC3)CC2)c(Br)c1)C(=O)O)OCc1ccccc1. The highest BCUT2D eigenvalue weighted by atomic mass is 79.9. The van der Waals surface area contributed by atoms with Crippen molar-refractivity contribution in [3.63, 3.8) is 0 Å². The molecule has 0 bridgehead atoms. The molecule has 2 aliphatic heterocycles. The van der Waals surface area contributed by atoms with E-state index in [1.807, 2.05) is 6.07 Å². The number of halogens is 3. The molecule has 3 aromatic rings. The van der Waals surface area contributed by atoms with Gasteiger partial charge in [0.2, 0.25) is 10.0 Å². The van der Waals surface area contributed by atoms with Crippen molar-refractivity contribution in [1.82, 2.24) is 19.3 Å². The summed E-state index contributed by atoms with van der Waals surface area (Å²) in [5.74, 6) is 0.189. The first-order valence-electron chi connectivity index (χ1n) is 16.8. The lowest BCUT2D eigenvalue weighted by Crippen LogP contribution is -2.48. The Bertz CT molecular complexity index is 1900. The van der Waals surface area contributed by atoms with Gasteiger partial charge in [0, 0.05) is 43.4 Å². The summed E-state index contributed by atoms with van der Waals surface area (Å²) in [4.78, 5) is 30.2. The molecule has 1 aromatic carbocycles. The van der Waals surface area contributed by atoms with Crippen LogP contribution in [-0.4, -0.2) is 82.1 Å². The Morgan fingerprint density at radius 2 is 1.62 bits per heavy atom.